The minimum atomic E-state index is 0.749. The molecule has 0 unspecified atom stereocenters. The van der Waals surface area contributed by atoms with E-state index in [2.05, 4.69) is 19.2 Å². The lowest BCUT2D eigenvalue weighted by atomic mass is 9.97. The first-order valence-electron chi connectivity index (χ1n) is 5.84. The number of benzene rings is 2. The van der Waals surface area contributed by atoms with Crippen LogP contribution in [0, 0.1) is 0 Å². The molecular weight excluding hydrogens is 206 g/mol. The molecule has 1 heteroatoms. The average molecular weight is 225 g/mol. The summed E-state index contributed by atoms with van der Waals surface area (Å²) < 4.78 is 0. The Hall–Kier alpha value is -2.02. The Labute approximate surface area is 103 Å². The normalized spacial score (nSPS) is 9.29. The molecule has 0 aliphatic carbocycles. The molecule has 2 rings (SSSR count). The van der Waals surface area contributed by atoms with Gasteiger partial charge in [0.05, 0.1) is 0 Å². The van der Waals surface area contributed by atoms with E-state index in [4.69, 9.17) is 5.73 Å². The number of hydrogen-bond acceptors (Lipinski definition) is 1. The summed E-state index contributed by atoms with van der Waals surface area (Å²) in [5, 5.41) is 2.30. The summed E-state index contributed by atoms with van der Waals surface area (Å²) in [4.78, 5) is 0. The van der Waals surface area contributed by atoms with Crippen LogP contribution in [0.25, 0.3) is 22.9 Å². The van der Waals surface area contributed by atoms with E-state index in [1.165, 1.54) is 0 Å². The average Bonchev–Trinajstić information content (AvgIpc) is 2.39. The molecule has 2 N–H and O–H groups in total. The van der Waals surface area contributed by atoms with Crippen LogP contribution in [0.2, 0.25) is 0 Å². The van der Waals surface area contributed by atoms with Gasteiger partial charge in [0, 0.05) is 11.3 Å². The Morgan fingerprint density at radius 3 is 2.18 bits per heavy atom. The van der Waals surface area contributed by atoms with E-state index in [9.17, 15) is 0 Å². The number of anilines is 1. The van der Waals surface area contributed by atoms with Gasteiger partial charge in [-0.15, -0.1) is 0 Å². The lowest BCUT2D eigenvalue weighted by molar-refractivity contribution is 1.50. The van der Waals surface area contributed by atoms with E-state index in [0.717, 1.165) is 27.6 Å². The van der Waals surface area contributed by atoms with Gasteiger partial charge in [-0.2, -0.15) is 0 Å². The summed E-state index contributed by atoms with van der Waals surface area (Å²) in [6.07, 6.45) is 3.61. The fourth-order valence-corrected chi connectivity index (χ4v) is 1.86. The summed E-state index contributed by atoms with van der Waals surface area (Å²) in [6.45, 7) is 11.6. The highest BCUT2D eigenvalue weighted by Crippen LogP contribution is 2.29. The van der Waals surface area contributed by atoms with E-state index in [0.29, 0.717) is 0 Å². The zero-order chi connectivity index (χ0) is 12.8. The van der Waals surface area contributed by atoms with Crippen molar-refractivity contribution in [3.8, 4) is 0 Å². The third-order valence-corrected chi connectivity index (χ3v) is 2.57. The van der Waals surface area contributed by atoms with Gasteiger partial charge < -0.3 is 5.73 Å². The molecule has 17 heavy (non-hydrogen) atoms. The van der Waals surface area contributed by atoms with E-state index < -0.39 is 0 Å². The molecule has 0 heterocycles. The number of rotatable bonds is 2. The van der Waals surface area contributed by atoms with Crippen molar-refractivity contribution in [2.75, 3.05) is 5.73 Å². The minimum absolute atomic E-state index is 0.749. The lowest BCUT2D eigenvalue weighted by Gasteiger charge is -2.09. The van der Waals surface area contributed by atoms with Crippen LogP contribution in [0.1, 0.15) is 25.0 Å². The first-order chi connectivity index (χ1) is 8.27. The fraction of sp³-hybridized carbons (Fsp3) is 0.125. The monoisotopic (exact) mass is 225 g/mol. The van der Waals surface area contributed by atoms with Crippen molar-refractivity contribution in [2.45, 2.75) is 13.8 Å². The number of fused-ring (bicyclic) bond motifs is 1. The van der Waals surface area contributed by atoms with Crippen LogP contribution in [-0.4, -0.2) is 0 Å². The summed E-state index contributed by atoms with van der Waals surface area (Å²) in [5.41, 5.74) is 8.72. The summed E-state index contributed by atoms with van der Waals surface area (Å²) in [6, 6.07) is 10.1. The maximum atomic E-state index is 5.95. The third kappa shape index (κ3) is 2.39. The third-order valence-electron chi connectivity index (χ3n) is 2.57. The van der Waals surface area contributed by atoms with Gasteiger partial charge in [0.25, 0.3) is 0 Å². The van der Waals surface area contributed by atoms with Crippen molar-refractivity contribution in [2.24, 2.45) is 0 Å². The Kier molecular flexibility index (Phi) is 4.53. The van der Waals surface area contributed by atoms with Gasteiger partial charge in [-0.25, -0.2) is 0 Å². The van der Waals surface area contributed by atoms with Gasteiger partial charge in [-0.1, -0.05) is 63.4 Å². The molecule has 0 saturated carbocycles. The highest BCUT2D eigenvalue weighted by Gasteiger charge is 2.05. The zero-order valence-corrected chi connectivity index (χ0v) is 10.5. The SMILES string of the molecule is C=Cc1c(N)cc2ccccc2c1C=C.CC. The molecule has 1 nitrogen and oxygen atoms in total. The minimum Gasteiger partial charge on any atom is -0.398 e. The van der Waals surface area contributed by atoms with Gasteiger partial charge in [0.15, 0.2) is 0 Å². The van der Waals surface area contributed by atoms with Gasteiger partial charge in [0.2, 0.25) is 0 Å². The highest BCUT2D eigenvalue weighted by molar-refractivity contribution is 5.97. The second kappa shape index (κ2) is 5.90. The quantitative estimate of drug-likeness (QED) is 0.734. The molecule has 2 aromatic rings. The maximum absolute atomic E-state index is 5.95. The Morgan fingerprint density at radius 2 is 1.59 bits per heavy atom. The van der Waals surface area contributed by atoms with Crippen molar-refractivity contribution in [1.82, 2.24) is 0 Å². The van der Waals surface area contributed by atoms with E-state index in [-0.39, 0.29) is 0 Å². The first-order valence-corrected chi connectivity index (χ1v) is 5.84. The van der Waals surface area contributed by atoms with Gasteiger partial charge in [-0.3, -0.25) is 0 Å². The molecule has 0 amide bonds. The lowest BCUT2D eigenvalue weighted by Crippen LogP contribution is -1.93. The van der Waals surface area contributed by atoms with Crippen molar-refractivity contribution in [3.05, 3.63) is 54.6 Å². The van der Waals surface area contributed by atoms with Crippen molar-refractivity contribution < 1.29 is 0 Å². The van der Waals surface area contributed by atoms with Crippen LogP contribution < -0.4 is 5.73 Å². The number of hydrogen-bond donors (Lipinski definition) is 1. The van der Waals surface area contributed by atoms with Gasteiger partial charge >= 0.3 is 0 Å². The fourth-order valence-electron chi connectivity index (χ4n) is 1.86. The molecule has 0 fully saturated rings. The Morgan fingerprint density at radius 1 is 1.00 bits per heavy atom. The van der Waals surface area contributed by atoms with Crippen molar-refractivity contribution in [3.63, 3.8) is 0 Å². The first kappa shape index (κ1) is 13.0. The van der Waals surface area contributed by atoms with E-state index >= 15 is 0 Å². The standard InChI is InChI=1S/C14H13N.C2H6/c1-3-11-12(4-2)14(15)9-10-7-5-6-8-13(10)11;1-2/h3-9H,1-2,15H2;1-2H3. The van der Waals surface area contributed by atoms with Crippen molar-refractivity contribution in [1.29, 1.82) is 0 Å². The molecule has 0 spiro atoms. The molecule has 0 saturated heterocycles. The Bertz CT molecular complexity index is 538. The largest absolute Gasteiger partial charge is 0.398 e. The maximum Gasteiger partial charge on any atom is 0.0399 e. The molecule has 0 bridgehead atoms. The topological polar surface area (TPSA) is 26.0 Å². The summed E-state index contributed by atoms with van der Waals surface area (Å²) in [7, 11) is 0. The van der Waals surface area contributed by atoms with Gasteiger partial charge in [0.1, 0.15) is 0 Å². The van der Waals surface area contributed by atoms with Crippen LogP contribution in [-0.2, 0) is 0 Å². The van der Waals surface area contributed by atoms with Crippen LogP contribution in [0.3, 0.4) is 0 Å². The molecule has 2 aromatic carbocycles. The highest BCUT2D eigenvalue weighted by atomic mass is 14.6. The van der Waals surface area contributed by atoms with Gasteiger partial charge in [-0.05, 0) is 22.4 Å². The van der Waals surface area contributed by atoms with Crippen molar-refractivity contribution >= 4 is 28.6 Å². The van der Waals surface area contributed by atoms with E-state index in [1.54, 1.807) is 6.08 Å². The number of nitrogens with two attached hydrogens (primary N) is 1. The second-order valence-corrected chi connectivity index (χ2v) is 3.42. The van der Waals surface area contributed by atoms with Crippen LogP contribution in [0.5, 0.6) is 0 Å². The Balaban J connectivity index is 0.000000686. The molecular formula is C16H19N. The molecule has 0 radical (unpaired) electrons. The number of nitrogen functional groups attached to an aromatic ring is 1. The predicted octanol–water partition coefficient (Wildman–Crippen LogP) is 4.73. The molecule has 0 aromatic heterocycles. The molecule has 88 valence electrons. The summed E-state index contributed by atoms with van der Waals surface area (Å²) >= 11 is 0. The molecule has 0 aliphatic rings. The van der Waals surface area contributed by atoms with E-state index in [1.807, 2.05) is 44.2 Å². The zero-order valence-electron chi connectivity index (χ0n) is 10.5. The van der Waals surface area contributed by atoms with Crippen LogP contribution in [0.15, 0.2) is 43.5 Å². The molecule has 0 aliphatic heterocycles. The smallest absolute Gasteiger partial charge is 0.0399 e. The van der Waals surface area contributed by atoms with Crippen LogP contribution in [0.4, 0.5) is 5.69 Å². The van der Waals surface area contributed by atoms with Crippen LogP contribution >= 0.6 is 0 Å². The molecule has 0 atom stereocenters. The summed E-state index contributed by atoms with van der Waals surface area (Å²) in [5.74, 6) is 0. The second-order valence-electron chi connectivity index (χ2n) is 3.42. The predicted molar refractivity (Wildman–Crippen MR) is 79.9 cm³/mol.